The van der Waals surface area contributed by atoms with Crippen LogP contribution in [0.1, 0.15) is 19.8 Å². The molecular formula is C15H30N4O2S. The molecule has 1 heterocycles. The van der Waals surface area contributed by atoms with Crippen molar-refractivity contribution in [3.05, 3.63) is 12.7 Å². The molecule has 0 aliphatic carbocycles. The zero-order valence-electron chi connectivity index (χ0n) is 13.9. The second-order valence-corrected chi connectivity index (χ2v) is 7.89. The summed E-state index contributed by atoms with van der Waals surface area (Å²) in [6.07, 6.45) is 4.00. The molecule has 0 aromatic rings. The van der Waals surface area contributed by atoms with Crippen LogP contribution in [0.5, 0.6) is 0 Å². The number of unbranched alkanes of at least 4 members (excludes halogenated alkanes) is 1. The second kappa shape index (κ2) is 9.84. The van der Waals surface area contributed by atoms with Crippen molar-refractivity contribution < 1.29 is 8.42 Å². The van der Waals surface area contributed by atoms with Crippen molar-refractivity contribution in [3.8, 4) is 0 Å². The summed E-state index contributed by atoms with van der Waals surface area (Å²) in [6.45, 7) is 10.3. The molecule has 0 bridgehead atoms. The number of allylic oxidation sites excluding steroid dienone is 1. The van der Waals surface area contributed by atoms with Crippen LogP contribution in [0.2, 0.25) is 0 Å². The van der Waals surface area contributed by atoms with Gasteiger partial charge in [-0.2, -0.15) is 0 Å². The molecule has 128 valence electrons. The maximum Gasteiger partial charge on any atom is 0.193 e. The van der Waals surface area contributed by atoms with Crippen LogP contribution >= 0.6 is 0 Å². The topological polar surface area (TPSA) is 65.0 Å². The molecule has 1 rings (SSSR count). The summed E-state index contributed by atoms with van der Waals surface area (Å²) >= 11 is 0. The smallest absolute Gasteiger partial charge is 0.193 e. The number of guanidine groups is 1. The SMILES string of the molecule is C=CCCCN(C)C(=NCCN1CCS(=O)(=O)CC1)NCC. The summed E-state index contributed by atoms with van der Waals surface area (Å²) < 4.78 is 22.8. The van der Waals surface area contributed by atoms with Crippen LogP contribution in [0, 0.1) is 0 Å². The molecule has 1 fully saturated rings. The zero-order valence-corrected chi connectivity index (χ0v) is 14.7. The van der Waals surface area contributed by atoms with E-state index in [-0.39, 0.29) is 11.5 Å². The Morgan fingerprint density at radius 3 is 2.68 bits per heavy atom. The van der Waals surface area contributed by atoms with E-state index in [1.807, 2.05) is 13.1 Å². The third-order valence-corrected chi connectivity index (χ3v) is 5.32. The Kier molecular flexibility index (Phi) is 8.48. The maximum atomic E-state index is 11.4. The minimum atomic E-state index is -2.80. The first-order valence-electron chi connectivity index (χ1n) is 8.01. The molecule has 0 radical (unpaired) electrons. The highest BCUT2D eigenvalue weighted by atomic mass is 32.2. The number of sulfone groups is 1. The molecule has 1 aliphatic rings. The van der Waals surface area contributed by atoms with Crippen molar-refractivity contribution in [1.29, 1.82) is 0 Å². The van der Waals surface area contributed by atoms with Crippen LogP contribution in [0.25, 0.3) is 0 Å². The van der Waals surface area contributed by atoms with Gasteiger partial charge >= 0.3 is 0 Å². The molecule has 0 spiro atoms. The highest BCUT2D eigenvalue weighted by Gasteiger charge is 2.20. The standard InChI is InChI=1S/C15H30N4O2S/c1-4-6-7-9-18(3)15(16-5-2)17-8-10-19-11-13-22(20,21)14-12-19/h4H,1,5-14H2,2-3H3,(H,16,17). The van der Waals surface area contributed by atoms with Crippen LogP contribution in [0.3, 0.4) is 0 Å². The summed E-state index contributed by atoms with van der Waals surface area (Å²) in [5, 5.41) is 3.30. The minimum absolute atomic E-state index is 0.276. The van der Waals surface area contributed by atoms with E-state index in [1.54, 1.807) is 0 Å². The van der Waals surface area contributed by atoms with E-state index in [2.05, 4.69) is 33.6 Å². The van der Waals surface area contributed by atoms with Crippen molar-refractivity contribution in [1.82, 2.24) is 15.1 Å². The Morgan fingerprint density at radius 1 is 1.41 bits per heavy atom. The first-order valence-corrected chi connectivity index (χ1v) is 9.83. The molecular weight excluding hydrogens is 300 g/mol. The Balaban J connectivity index is 2.40. The number of hydrogen-bond acceptors (Lipinski definition) is 4. The van der Waals surface area contributed by atoms with E-state index in [4.69, 9.17) is 0 Å². The summed E-state index contributed by atoms with van der Waals surface area (Å²) in [5.41, 5.74) is 0. The molecule has 1 aliphatic heterocycles. The molecule has 1 saturated heterocycles. The van der Waals surface area contributed by atoms with Gasteiger partial charge in [-0.15, -0.1) is 6.58 Å². The third-order valence-electron chi connectivity index (χ3n) is 3.71. The lowest BCUT2D eigenvalue weighted by atomic mass is 10.3. The van der Waals surface area contributed by atoms with E-state index in [0.29, 0.717) is 19.6 Å². The van der Waals surface area contributed by atoms with Crippen LogP contribution in [-0.2, 0) is 9.84 Å². The first kappa shape index (κ1) is 19.0. The van der Waals surface area contributed by atoms with E-state index in [0.717, 1.165) is 38.4 Å². The van der Waals surface area contributed by atoms with E-state index < -0.39 is 9.84 Å². The van der Waals surface area contributed by atoms with Gasteiger partial charge in [0.25, 0.3) is 0 Å². The van der Waals surface area contributed by atoms with E-state index >= 15 is 0 Å². The lowest BCUT2D eigenvalue weighted by Gasteiger charge is -2.26. The third kappa shape index (κ3) is 7.26. The van der Waals surface area contributed by atoms with Crippen molar-refractivity contribution in [2.24, 2.45) is 4.99 Å². The number of nitrogens with one attached hydrogen (secondary N) is 1. The van der Waals surface area contributed by atoms with Gasteiger partial charge < -0.3 is 10.2 Å². The Labute approximate surface area is 135 Å². The van der Waals surface area contributed by atoms with Crippen LogP contribution < -0.4 is 5.32 Å². The monoisotopic (exact) mass is 330 g/mol. The van der Waals surface area contributed by atoms with Gasteiger partial charge in [-0.05, 0) is 19.8 Å². The van der Waals surface area contributed by atoms with Gasteiger partial charge in [0.1, 0.15) is 0 Å². The largest absolute Gasteiger partial charge is 0.357 e. The predicted molar refractivity (Wildman–Crippen MR) is 93.1 cm³/mol. The van der Waals surface area contributed by atoms with Crippen molar-refractivity contribution in [3.63, 3.8) is 0 Å². The number of nitrogens with zero attached hydrogens (tertiary/aromatic N) is 3. The normalized spacial score (nSPS) is 18.9. The molecule has 0 amide bonds. The van der Waals surface area contributed by atoms with Crippen LogP contribution in [0.15, 0.2) is 17.6 Å². The molecule has 6 nitrogen and oxygen atoms in total. The fourth-order valence-electron chi connectivity index (χ4n) is 2.32. The highest BCUT2D eigenvalue weighted by molar-refractivity contribution is 7.91. The molecule has 7 heteroatoms. The van der Waals surface area contributed by atoms with Crippen molar-refractivity contribution in [2.75, 3.05) is 57.8 Å². The van der Waals surface area contributed by atoms with Crippen molar-refractivity contribution >= 4 is 15.8 Å². The number of aliphatic imine (C=N–C) groups is 1. The van der Waals surface area contributed by atoms with Gasteiger partial charge in [0, 0.05) is 39.8 Å². The Morgan fingerprint density at radius 2 is 2.09 bits per heavy atom. The Hall–Kier alpha value is -1.08. The molecule has 0 aromatic carbocycles. The molecule has 22 heavy (non-hydrogen) atoms. The second-order valence-electron chi connectivity index (χ2n) is 5.58. The van der Waals surface area contributed by atoms with Gasteiger partial charge in [0.15, 0.2) is 15.8 Å². The zero-order chi connectivity index (χ0) is 16.4. The summed E-state index contributed by atoms with van der Waals surface area (Å²) in [5.74, 6) is 1.47. The average molecular weight is 330 g/mol. The van der Waals surface area contributed by atoms with Gasteiger partial charge in [-0.1, -0.05) is 6.08 Å². The van der Waals surface area contributed by atoms with E-state index in [9.17, 15) is 8.42 Å². The molecule has 1 N–H and O–H groups in total. The highest BCUT2D eigenvalue weighted by Crippen LogP contribution is 2.03. The fourth-order valence-corrected chi connectivity index (χ4v) is 3.60. The average Bonchev–Trinajstić information content (AvgIpc) is 2.48. The molecule has 0 atom stereocenters. The predicted octanol–water partition coefficient (Wildman–Crippen LogP) is 0.580. The summed E-state index contributed by atoms with van der Waals surface area (Å²) in [4.78, 5) is 8.94. The summed E-state index contributed by atoms with van der Waals surface area (Å²) in [7, 11) is -0.758. The molecule has 0 unspecified atom stereocenters. The minimum Gasteiger partial charge on any atom is -0.357 e. The molecule has 0 saturated carbocycles. The lowest BCUT2D eigenvalue weighted by molar-refractivity contribution is 0.303. The van der Waals surface area contributed by atoms with Gasteiger partial charge in [0.2, 0.25) is 0 Å². The first-order chi connectivity index (χ1) is 10.5. The van der Waals surface area contributed by atoms with Crippen LogP contribution in [0.4, 0.5) is 0 Å². The summed E-state index contributed by atoms with van der Waals surface area (Å²) in [6, 6.07) is 0. The van der Waals surface area contributed by atoms with Crippen molar-refractivity contribution in [2.45, 2.75) is 19.8 Å². The number of rotatable bonds is 8. The molecule has 0 aromatic heterocycles. The number of hydrogen-bond donors (Lipinski definition) is 1. The Bertz CT molecular complexity index is 448. The van der Waals surface area contributed by atoms with E-state index in [1.165, 1.54) is 0 Å². The van der Waals surface area contributed by atoms with Gasteiger partial charge in [-0.25, -0.2) is 8.42 Å². The van der Waals surface area contributed by atoms with Gasteiger partial charge in [0.05, 0.1) is 18.1 Å². The van der Waals surface area contributed by atoms with Crippen LogP contribution in [-0.4, -0.2) is 82.0 Å². The lowest BCUT2D eigenvalue weighted by Crippen LogP contribution is -2.42. The quantitative estimate of drug-likeness (QED) is 0.305. The maximum absolute atomic E-state index is 11.4. The fraction of sp³-hybridized carbons (Fsp3) is 0.800. The van der Waals surface area contributed by atoms with Gasteiger partial charge in [-0.3, -0.25) is 9.89 Å².